The second-order valence-corrected chi connectivity index (χ2v) is 6.45. The maximum absolute atomic E-state index is 11.9. The van der Waals surface area contributed by atoms with E-state index in [0.29, 0.717) is 13.2 Å². The van der Waals surface area contributed by atoms with Gasteiger partial charge in [0, 0.05) is 6.61 Å². The highest BCUT2D eigenvalue weighted by Crippen LogP contribution is 2.21. The third kappa shape index (κ3) is 4.70. The lowest BCUT2D eigenvalue weighted by Gasteiger charge is -2.35. The lowest BCUT2D eigenvalue weighted by Crippen LogP contribution is -2.59. The zero-order valence-corrected chi connectivity index (χ0v) is 12.1. The summed E-state index contributed by atoms with van der Waals surface area (Å²) in [5, 5.41) is 14.5. The molecular formula is C13H24N2O4. The Morgan fingerprint density at radius 3 is 2.42 bits per heavy atom. The summed E-state index contributed by atoms with van der Waals surface area (Å²) in [6, 6.07) is -1.39. The van der Waals surface area contributed by atoms with Crippen LogP contribution in [0.1, 0.15) is 40.5 Å². The van der Waals surface area contributed by atoms with Crippen LogP contribution in [0.3, 0.4) is 0 Å². The zero-order valence-electron chi connectivity index (χ0n) is 12.1. The van der Waals surface area contributed by atoms with E-state index in [2.05, 4.69) is 10.6 Å². The quantitative estimate of drug-likeness (QED) is 0.723. The maximum atomic E-state index is 11.9. The molecule has 0 aromatic rings. The Kier molecular flexibility index (Phi) is 4.79. The Bertz CT molecular complexity index is 343. The van der Waals surface area contributed by atoms with E-state index in [1.165, 1.54) is 0 Å². The van der Waals surface area contributed by atoms with Crippen molar-refractivity contribution in [2.45, 2.75) is 52.1 Å². The molecule has 0 radical (unpaired) electrons. The van der Waals surface area contributed by atoms with Gasteiger partial charge in [0.25, 0.3) is 0 Å². The third-order valence-corrected chi connectivity index (χ3v) is 3.24. The lowest BCUT2D eigenvalue weighted by molar-refractivity contribution is -0.141. The first-order valence-corrected chi connectivity index (χ1v) is 6.53. The molecule has 110 valence electrons. The van der Waals surface area contributed by atoms with Crippen molar-refractivity contribution >= 4 is 12.0 Å². The summed E-state index contributed by atoms with van der Waals surface area (Å²) in [7, 11) is 0. The predicted octanol–water partition coefficient (Wildman–Crippen LogP) is 1.35. The first-order valence-electron chi connectivity index (χ1n) is 6.53. The molecule has 2 unspecified atom stereocenters. The topological polar surface area (TPSA) is 87.7 Å². The van der Waals surface area contributed by atoms with Gasteiger partial charge < -0.3 is 20.5 Å². The molecule has 1 fully saturated rings. The summed E-state index contributed by atoms with van der Waals surface area (Å²) in [5.74, 6) is -1.03. The minimum atomic E-state index is -1.03. The Balaban J connectivity index is 2.60. The van der Waals surface area contributed by atoms with Gasteiger partial charge in [-0.2, -0.15) is 0 Å². The Hall–Kier alpha value is -1.30. The number of ether oxygens (including phenoxy) is 1. The average Bonchev–Trinajstić information content (AvgIpc) is 2.24. The minimum absolute atomic E-state index is 0.427. The van der Waals surface area contributed by atoms with Crippen LogP contribution in [0.2, 0.25) is 0 Å². The van der Waals surface area contributed by atoms with Crippen LogP contribution in [0.25, 0.3) is 0 Å². The fraction of sp³-hybridized carbons (Fsp3) is 0.846. The van der Waals surface area contributed by atoms with Crippen LogP contribution in [0.4, 0.5) is 4.79 Å². The molecule has 6 heteroatoms. The van der Waals surface area contributed by atoms with Crippen molar-refractivity contribution in [3.8, 4) is 0 Å². The van der Waals surface area contributed by atoms with Gasteiger partial charge in [0.1, 0.15) is 6.04 Å². The number of rotatable bonds is 3. The van der Waals surface area contributed by atoms with Gasteiger partial charge in [0.05, 0.1) is 12.1 Å². The highest BCUT2D eigenvalue weighted by molar-refractivity contribution is 5.83. The normalized spacial score (nSPS) is 25.5. The molecule has 1 heterocycles. The predicted molar refractivity (Wildman–Crippen MR) is 71.0 cm³/mol. The molecule has 3 N–H and O–H groups in total. The molecule has 6 nitrogen and oxygen atoms in total. The number of carbonyl (C=O) groups is 2. The van der Waals surface area contributed by atoms with Gasteiger partial charge in [-0.05, 0) is 25.2 Å². The summed E-state index contributed by atoms with van der Waals surface area (Å²) in [5.41, 5.74) is -0.976. The summed E-state index contributed by atoms with van der Waals surface area (Å²) < 4.78 is 5.35. The molecule has 0 aromatic carbocycles. The number of amides is 2. The van der Waals surface area contributed by atoms with Crippen molar-refractivity contribution in [2.75, 3.05) is 13.2 Å². The van der Waals surface area contributed by atoms with E-state index in [4.69, 9.17) is 9.84 Å². The fourth-order valence-electron chi connectivity index (χ4n) is 2.12. The molecule has 0 aromatic heterocycles. The number of carbonyl (C=O) groups excluding carboxylic acids is 1. The van der Waals surface area contributed by atoms with E-state index in [1.54, 1.807) is 20.8 Å². The standard InChI is InChI=1S/C13H24N2O4/c1-12(2,3)9(10(16)17)14-11(18)15-13(4)6-5-7-19-8-13/h9H,5-8H2,1-4H3,(H,16,17)(H2,14,15,18). The number of aliphatic carboxylic acids is 1. The van der Waals surface area contributed by atoms with E-state index in [0.717, 1.165) is 12.8 Å². The number of hydrogen-bond donors (Lipinski definition) is 3. The van der Waals surface area contributed by atoms with E-state index < -0.39 is 29.0 Å². The van der Waals surface area contributed by atoms with Crippen molar-refractivity contribution < 1.29 is 19.4 Å². The molecule has 1 rings (SSSR count). The van der Waals surface area contributed by atoms with Crippen molar-refractivity contribution in [3.63, 3.8) is 0 Å². The van der Waals surface area contributed by atoms with Gasteiger partial charge in [-0.3, -0.25) is 0 Å². The summed E-state index contributed by atoms with van der Waals surface area (Å²) in [6.45, 7) is 8.39. The molecule has 0 bridgehead atoms. The van der Waals surface area contributed by atoms with E-state index >= 15 is 0 Å². The molecule has 2 amide bonds. The SMILES string of the molecule is CC1(NC(=O)NC(C(=O)O)C(C)(C)C)CCCOC1. The number of nitrogens with one attached hydrogen (secondary N) is 2. The first-order chi connectivity index (χ1) is 8.64. The molecule has 1 aliphatic heterocycles. The highest BCUT2D eigenvalue weighted by Gasteiger charge is 2.35. The monoisotopic (exact) mass is 272 g/mol. The van der Waals surface area contributed by atoms with Gasteiger partial charge in [0.2, 0.25) is 0 Å². The molecule has 1 aliphatic rings. The van der Waals surface area contributed by atoms with E-state index in [1.807, 2.05) is 6.92 Å². The molecule has 19 heavy (non-hydrogen) atoms. The molecule has 0 spiro atoms. The number of hydrogen-bond acceptors (Lipinski definition) is 3. The lowest BCUT2D eigenvalue weighted by atomic mass is 9.87. The smallest absolute Gasteiger partial charge is 0.326 e. The van der Waals surface area contributed by atoms with Crippen LogP contribution in [-0.4, -0.2) is 41.9 Å². The van der Waals surface area contributed by atoms with Crippen LogP contribution in [0.15, 0.2) is 0 Å². The van der Waals surface area contributed by atoms with Crippen LogP contribution in [-0.2, 0) is 9.53 Å². The van der Waals surface area contributed by atoms with Crippen LogP contribution < -0.4 is 10.6 Å². The van der Waals surface area contributed by atoms with Crippen molar-refractivity contribution in [1.29, 1.82) is 0 Å². The van der Waals surface area contributed by atoms with Crippen molar-refractivity contribution in [1.82, 2.24) is 10.6 Å². The summed E-state index contributed by atoms with van der Waals surface area (Å²) in [6.07, 6.45) is 1.71. The Labute approximate surface area is 113 Å². The van der Waals surface area contributed by atoms with E-state index in [-0.39, 0.29) is 0 Å². The van der Waals surface area contributed by atoms with Gasteiger partial charge in [-0.25, -0.2) is 9.59 Å². The van der Waals surface area contributed by atoms with Gasteiger partial charge >= 0.3 is 12.0 Å². The third-order valence-electron chi connectivity index (χ3n) is 3.24. The Morgan fingerprint density at radius 1 is 1.37 bits per heavy atom. The fourth-order valence-corrected chi connectivity index (χ4v) is 2.12. The molecule has 0 saturated carbocycles. The van der Waals surface area contributed by atoms with Gasteiger partial charge in [-0.1, -0.05) is 20.8 Å². The second-order valence-electron chi connectivity index (χ2n) is 6.45. The van der Waals surface area contributed by atoms with Gasteiger partial charge in [0.15, 0.2) is 0 Å². The number of carboxylic acids is 1. The number of urea groups is 1. The average molecular weight is 272 g/mol. The van der Waals surface area contributed by atoms with E-state index in [9.17, 15) is 9.59 Å². The first kappa shape index (κ1) is 15.8. The number of carboxylic acid groups (broad SMARTS) is 1. The highest BCUT2D eigenvalue weighted by atomic mass is 16.5. The molecule has 1 saturated heterocycles. The van der Waals surface area contributed by atoms with Crippen LogP contribution in [0.5, 0.6) is 0 Å². The molecule has 0 aliphatic carbocycles. The van der Waals surface area contributed by atoms with Crippen molar-refractivity contribution in [2.24, 2.45) is 5.41 Å². The molecule has 2 atom stereocenters. The Morgan fingerprint density at radius 2 is 2.00 bits per heavy atom. The molecular weight excluding hydrogens is 248 g/mol. The van der Waals surface area contributed by atoms with Crippen LogP contribution >= 0.6 is 0 Å². The minimum Gasteiger partial charge on any atom is -0.480 e. The van der Waals surface area contributed by atoms with Gasteiger partial charge in [-0.15, -0.1) is 0 Å². The summed E-state index contributed by atoms with van der Waals surface area (Å²) >= 11 is 0. The zero-order chi connectivity index (χ0) is 14.7. The second kappa shape index (κ2) is 5.77. The summed E-state index contributed by atoms with van der Waals surface area (Å²) in [4.78, 5) is 23.1. The van der Waals surface area contributed by atoms with Crippen LogP contribution in [0, 0.1) is 5.41 Å². The largest absolute Gasteiger partial charge is 0.480 e. The van der Waals surface area contributed by atoms with Crippen molar-refractivity contribution in [3.05, 3.63) is 0 Å². The maximum Gasteiger partial charge on any atom is 0.326 e.